The maximum absolute atomic E-state index is 7.28. The number of halogens is 1. The summed E-state index contributed by atoms with van der Waals surface area (Å²) in [5.74, 6) is 0. The van der Waals surface area contributed by atoms with Crippen LogP contribution in [0.5, 0.6) is 0 Å². The predicted octanol–water partition coefficient (Wildman–Crippen LogP) is 13.8. The van der Waals surface area contributed by atoms with E-state index in [1.165, 1.54) is 44.2 Å². The molecule has 0 atom stereocenters. The third-order valence-corrected chi connectivity index (χ3v) is 9.96. The van der Waals surface area contributed by atoms with E-state index >= 15 is 0 Å². The van der Waals surface area contributed by atoms with Crippen LogP contribution in [0.2, 0.25) is 5.02 Å². The second kappa shape index (κ2) is 12.7. The van der Waals surface area contributed by atoms with Crippen LogP contribution in [0.1, 0.15) is 0 Å². The highest BCUT2D eigenvalue weighted by Gasteiger charge is 2.17. The van der Waals surface area contributed by atoms with Gasteiger partial charge in [0, 0.05) is 22.0 Å². The maximum Gasteiger partial charge on any atom is 0.0541 e. The molecule has 50 heavy (non-hydrogen) atoms. The second-order valence-electron chi connectivity index (χ2n) is 12.7. The van der Waals surface area contributed by atoms with E-state index in [2.05, 4.69) is 199 Å². The molecular weight excluding hydrogens is 626 g/mol. The molecule has 0 saturated heterocycles. The summed E-state index contributed by atoms with van der Waals surface area (Å²) in [6, 6.07) is 69.1. The van der Waals surface area contributed by atoms with Crippen LogP contribution in [0.25, 0.3) is 83.1 Å². The summed E-state index contributed by atoms with van der Waals surface area (Å²) >= 11 is 7.28. The molecule has 1 heterocycles. The number of benzene rings is 8. The summed E-state index contributed by atoms with van der Waals surface area (Å²) in [6.45, 7) is 0. The Kier molecular flexibility index (Phi) is 7.61. The van der Waals surface area contributed by atoms with Crippen LogP contribution >= 0.6 is 11.6 Å². The van der Waals surface area contributed by atoms with Gasteiger partial charge in [-0.2, -0.15) is 0 Å². The van der Waals surface area contributed by atoms with Gasteiger partial charge in [-0.25, -0.2) is 0 Å². The zero-order valence-corrected chi connectivity index (χ0v) is 28.1. The SMILES string of the molecule is Clc1cc(-n2c3ccc(-c4ccccc4)cc3c3cc(-c4ccccc4)ccc32)ccc1-c1cc(-c2ccccc2)cc(-c2ccccc2)c1. The fourth-order valence-corrected chi connectivity index (χ4v) is 7.46. The molecule has 0 saturated carbocycles. The van der Waals surface area contributed by atoms with Gasteiger partial charge in [-0.05, 0) is 105 Å². The summed E-state index contributed by atoms with van der Waals surface area (Å²) in [5, 5.41) is 3.13. The molecule has 0 fully saturated rings. The summed E-state index contributed by atoms with van der Waals surface area (Å²) in [7, 11) is 0. The van der Waals surface area contributed by atoms with Crippen molar-refractivity contribution in [1.29, 1.82) is 0 Å². The van der Waals surface area contributed by atoms with Gasteiger partial charge in [0.25, 0.3) is 0 Å². The Balaban J connectivity index is 1.21. The van der Waals surface area contributed by atoms with E-state index in [1.807, 2.05) is 0 Å². The van der Waals surface area contributed by atoms with Gasteiger partial charge in [-0.3, -0.25) is 0 Å². The molecule has 0 unspecified atom stereocenters. The maximum atomic E-state index is 7.28. The van der Waals surface area contributed by atoms with Crippen molar-refractivity contribution in [2.45, 2.75) is 0 Å². The highest BCUT2D eigenvalue weighted by molar-refractivity contribution is 6.33. The molecule has 0 spiro atoms. The molecule has 1 nitrogen and oxygen atoms in total. The first-order chi connectivity index (χ1) is 24.7. The van der Waals surface area contributed by atoms with Crippen LogP contribution < -0.4 is 0 Å². The Morgan fingerprint density at radius 3 is 1.12 bits per heavy atom. The van der Waals surface area contributed by atoms with Gasteiger partial charge < -0.3 is 4.57 Å². The first-order valence-electron chi connectivity index (χ1n) is 16.9. The lowest BCUT2D eigenvalue weighted by molar-refractivity contribution is 1.18. The molecule has 8 aromatic carbocycles. The first kappa shape index (κ1) is 29.9. The number of aromatic nitrogens is 1. The lowest BCUT2D eigenvalue weighted by Gasteiger charge is -2.14. The van der Waals surface area contributed by atoms with E-state index in [0.29, 0.717) is 5.02 Å². The van der Waals surface area contributed by atoms with Crippen molar-refractivity contribution < 1.29 is 0 Å². The van der Waals surface area contributed by atoms with Gasteiger partial charge in [0.15, 0.2) is 0 Å². The Morgan fingerprint density at radius 1 is 0.300 bits per heavy atom. The van der Waals surface area contributed by atoms with Crippen LogP contribution in [0.4, 0.5) is 0 Å². The third-order valence-electron chi connectivity index (χ3n) is 9.65. The first-order valence-corrected chi connectivity index (χ1v) is 17.3. The van der Waals surface area contributed by atoms with E-state index in [-0.39, 0.29) is 0 Å². The summed E-state index contributed by atoms with van der Waals surface area (Å²) < 4.78 is 2.35. The summed E-state index contributed by atoms with van der Waals surface area (Å²) in [5.41, 5.74) is 14.9. The Bertz CT molecular complexity index is 2470. The molecule has 0 aliphatic carbocycles. The second-order valence-corrected chi connectivity index (χ2v) is 13.1. The van der Waals surface area contributed by atoms with E-state index in [4.69, 9.17) is 11.6 Å². The fourth-order valence-electron chi connectivity index (χ4n) is 7.18. The predicted molar refractivity (Wildman–Crippen MR) is 213 cm³/mol. The van der Waals surface area contributed by atoms with Crippen molar-refractivity contribution in [3.8, 4) is 61.3 Å². The Hall–Kier alpha value is -6.15. The van der Waals surface area contributed by atoms with E-state index in [1.54, 1.807) is 0 Å². The van der Waals surface area contributed by atoms with Gasteiger partial charge >= 0.3 is 0 Å². The Labute approximate surface area is 297 Å². The molecule has 236 valence electrons. The van der Waals surface area contributed by atoms with Crippen molar-refractivity contribution in [2.24, 2.45) is 0 Å². The van der Waals surface area contributed by atoms with Crippen LogP contribution in [-0.4, -0.2) is 4.57 Å². The Morgan fingerprint density at radius 2 is 0.700 bits per heavy atom. The van der Waals surface area contributed by atoms with Gasteiger partial charge in [0.1, 0.15) is 0 Å². The van der Waals surface area contributed by atoms with Crippen LogP contribution in [0, 0.1) is 0 Å². The largest absolute Gasteiger partial charge is 0.309 e. The van der Waals surface area contributed by atoms with E-state index in [9.17, 15) is 0 Å². The standard InChI is InChI=1S/C48H32ClN/c49-46-32-42(23-24-43(46)41-28-39(35-17-9-3-10-18-35)27-40(29-41)36-19-11-4-12-20-36)50-47-25-21-37(33-13-5-1-6-14-33)30-44(47)45-31-38(22-26-48(45)50)34-15-7-2-8-16-34/h1-32H. The lowest BCUT2D eigenvalue weighted by atomic mass is 9.93. The molecule has 9 rings (SSSR count). The quantitative estimate of drug-likeness (QED) is 0.168. The molecule has 0 amide bonds. The topological polar surface area (TPSA) is 4.93 Å². The zero-order valence-electron chi connectivity index (χ0n) is 27.3. The van der Waals surface area contributed by atoms with E-state index < -0.39 is 0 Å². The van der Waals surface area contributed by atoms with Crippen molar-refractivity contribution in [2.75, 3.05) is 0 Å². The van der Waals surface area contributed by atoms with Crippen LogP contribution in [0.3, 0.4) is 0 Å². The van der Waals surface area contributed by atoms with Crippen molar-refractivity contribution in [1.82, 2.24) is 4.57 Å². The minimum absolute atomic E-state index is 0.712. The van der Waals surface area contributed by atoms with Crippen molar-refractivity contribution in [3.63, 3.8) is 0 Å². The molecule has 0 N–H and O–H groups in total. The average molecular weight is 658 g/mol. The average Bonchev–Trinajstić information content (AvgIpc) is 3.52. The molecule has 0 aliphatic rings. The fraction of sp³-hybridized carbons (Fsp3) is 0. The number of hydrogen-bond donors (Lipinski definition) is 0. The monoisotopic (exact) mass is 657 g/mol. The van der Waals surface area contributed by atoms with Crippen LogP contribution in [-0.2, 0) is 0 Å². The molecule has 1 aromatic heterocycles. The molecule has 2 heteroatoms. The highest BCUT2D eigenvalue weighted by Crippen LogP contribution is 2.40. The number of nitrogens with zero attached hydrogens (tertiary/aromatic N) is 1. The molecular formula is C48H32ClN. The molecule has 0 aliphatic heterocycles. The van der Waals surface area contributed by atoms with Gasteiger partial charge in [-0.15, -0.1) is 0 Å². The summed E-state index contributed by atoms with van der Waals surface area (Å²) in [4.78, 5) is 0. The molecule has 0 bridgehead atoms. The van der Waals surface area contributed by atoms with Gasteiger partial charge in [0.2, 0.25) is 0 Å². The summed E-state index contributed by atoms with van der Waals surface area (Å²) in [6.07, 6.45) is 0. The normalized spacial score (nSPS) is 11.3. The number of rotatable bonds is 6. The highest BCUT2D eigenvalue weighted by atomic mass is 35.5. The minimum atomic E-state index is 0.712. The van der Waals surface area contributed by atoms with Gasteiger partial charge in [-0.1, -0.05) is 151 Å². The molecule has 0 radical (unpaired) electrons. The van der Waals surface area contributed by atoms with Crippen molar-refractivity contribution >= 4 is 33.4 Å². The van der Waals surface area contributed by atoms with Gasteiger partial charge in [0.05, 0.1) is 16.1 Å². The minimum Gasteiger partial charge on any atom is -0.309 e. The van der Waals surface area contributed by atoms with Crippen molar-refractivity contribution in [3.05, 3.63) is 199 Å². The molecule has 9 aromatic rings. The van der Waals surface area contributed by atoms with Crippen LogP contribution in [0.15, 0.2) is 194 Å². The zero-order chi connectivity index (χ0) is 33.4. The number of fused-ring (bicyclic) bond motifs is 3. The van der Waals surface area contributed by atoms with E-state index in [0.717, 1.165) is 39.0 Å². The third kappa shape index (κ3) is 5.48. The number of hydrogen-bond acceptors (Lipinski definition) is 0. The lowest BCUT2D eigenvalue weighted by Crippen LogP contribution is -1.95. The smallest absolute Gasteiger partial charge is 0.0541 e.